The molecule has 29 heavy (non-hydrogen) atoms. The number of H-pyrrole nitrogens is 1. The number of aromatic amines is 1. The van der Waals surface area contributed by atoms with Crippen molar-refractivity contribution >= 4 is 28.4 Å². The third kappa shape index (κ3) is 5.38. The predicted molar refractivity (Wildman–Crippen MR) is 118 cm³/mol. The molecule has 1 atom stereocenters. The summed E-state index contributed by atoms with van der Waals surface area (Å²) in [6.45, 7) is 2.01. The zero-order valence-corrected chi connectivity index (χ0v) is 17.7. The average Bonchev–Trinajstić information content (AvgIpc) is 3.42. The van der Waals surface area contributed by atoms with Gasteiger partial charge in [0.2, 0.25) is 11.1 Å². The molecule has 0 radical (unpaired) electrons. The minimum atomic E-state index is -0.0400. The second-order valence-corrected chi connectivity index (χ2v) is 8.88. The maximum atomic E-state index is 12.4. The van der Waals surface area contributed by atoms with Gasteiger partial charge in [0.1, 0.15) is 5.82 Å². The first-order valence-electron chi connectivity index (χ1n) is 10.5. The number of rotatable bonds is 8. The topological polar surface area (TPSA) is 70.7 Å². The van der Waals surface area contributed by atoms with E-state index in [0.29, 0.717) is 10.9 Å². The normalized spacial score (nSPS) is 15.6. The second-order valence-electron chi connectivity index (χ2n) is 7.94. The molecule has 0 aliphatic heterocycles. The molecule has 1 fully saturated rings. The highest BCUT2D eigenvalue weighted by atomic mass is 32.2. The minimum absolute atomic E-state index is 0.00651. The van der Waals surface area contributed by atoms with Gasteiger partial charge in [0.05, 0.1) is 11.8 Å². The summed E-state index contributed by atoms with van der Waals surface area (Å²) in [6.07, 6.45) is 7.58. The largest absolute Gasteiger partial charge is 0.349 e. The Morgan fingerprint density at radius 3 is 2.83 bits per heavy atom. The molecule has 5 nitrogen and oxygen atoms in total. The fourth-order valence-electron chi connectivity index (χ4n) is 4.07. The van der Waals surface area contributed by atoms with Crippen molar-refractivity contribution in [2.75, 3.05) is 5.75 Å². The zero-order valence-electron chi connectivity index (χ0n) is 16.9. The van der Waals surface area contributed by atoms with Gasteiger partial charge in [-0.2, -0.15) is 0 Å². The summed E-state index contributed by atoms with van der Waals surface area (Å²) in [4.78, 5) is 16.9. The summed E-state index contributed by atoms with van der Waals surface area (Å²) in [5.41, 5.74) is 1.11. The van der Waals surface area contributed by atoms with E-state index in [0.717, 1.165) is 23.7 Å². The van der Waals surface area contributed by atoms with E-state index < -0.39 is 0 Å². The van der Waals surface area contributed by atoms with Crippen LogP contribution in [0.3, 0.4) is 0 Å². The molecule has 0 spiro atoms. The van der Waals surface area contributed by atoms with Gasteiger partial charge in [-0.1, -0.05) is 73.8 Å². The van der Waals surface area contributed by atoms with Gasteiger partial charge in [-0.15, -0.1) is 5.10 Å². The van der Waals surface area contributed by atoms with Crippen LogP contribution in [0.25, 0.3) is 10.8 Å². The van der Waals surface area contributed by atoms with Crippen molar-refractivity contribution in [3.8, 4) is 0 Å². The lowest BCUT2D eigenvalue weighted by Gasteiger charge is -2.14. The molecule has 0 saturated heterocycles. The van der Waals surface area contributed by atoms with Crippen LogP contribution in [0.15, 0.2) is 47.6 Å². The number of fused-ring (bicyclic) bond motifs is 1. The Hall–Kier alpha value is -2.34. The van der Waals surface area contributed by atoms with E-state index in [1.165, 1.54) is 54.6 Å². The summed E-state index contributed by atoms with van der Waals surface area (Å²) < 4.78 is 0. The quantitative estimate of drug-likeness (QED) is 0.512. The highest BCUT2D eigenvalue weighted by molar-refractivity contribution is 7.99. The summed E-state index contributed by atoms with van der Waals surface area (Å²) in [5.74, 6) is 2.09. The highest BCUT2D eigenvalue weighted by Crippen LogP contribution is 2.28. The van der Waals surface area contributed by atoms with Crippen molar-refractivity contribution in [1.82, 2.24) is 20.5 Å². The number of nitrogens with one attached hydrogen (secondary N) is 2. The first kappa shape index (κ1) is 20.0. The second kappa shape index (κ2) is 9.44. The molecule has 1 heterocycles. The van der Waals surface area contributed by atoms with Crippen LogP contribution in [0, 0.1) is 5.92 Å². The lowest BCUT2D eigenvalue weighted by atomic mass is 10.0. The predicted octanol–water partition coefficient (Wildman–Crippen LogP) is 5.05. The number of carbonyl (C=O) groups excluding carboxylic acids is 1. The van der Waals surface area contributed by atoms with Gasteiger partial charge < -0.3 is 5.32 Å². The summed E-state index contributed by atoms with van der Waals surface area (Å²) in [5, 5.41) is 13.4. The molecule has 1 aromatic heterocycles. The Labute approximate surface area is 176 Å². The van der Waals surface area contributed by atoms with E-state index >= 15 is 0 Å². The summed E-state index contributed by atoms with van der Waals surface area (Å²) >= 11 is 1.38. The molecular formula is C23H28N4OS. The van der Waals surface area contributed by atoms with Crippen LogP contribution in [-0.4, -0.2) is 26.8 Å². The van der Waals surface area contributed by atoms with Gasteiger partial charge in [-0.05, 0) is 41.7 Å². The Bertz CT molecular complexity index is 964. The molecule has 1 aliphatic carbocycles. The lowest BCUT2D eigenvalue weighted by Crippen LogP contribution is -2.28. The van der Waals surface area contributed by atoms with Crippen LogP contribution < -0.4 is 5.32 Å². The van der Waals surface area contributed by atoms with Crippen LogP contribution >= 0.6 is 11.8 Å². The first-order valence-corrected chi connectivity index (χ1v) is 11.5. The molecular weight excluding hydrogens is 380 g/mol. The SMILES string of the molecule is CC(NC(=O)CSc1n[nH]c(CCC2CCCC2)n1)c1ccc2ccccc2c1. The fourth-order valence-corrected chi connectivity index (χ4v) is 4.70. The number of aromatic nitrogens is 3. The Kier molecular flexibility index (Phi) is 6.49. The van der Waals surface area contributed by atoms with E-state index in [4.69, 9.17) is 0 Å². The van der Waals surface area contributed by atoms with E-state index in [1.54, 1.807) is 0 Å². The standard InChI is InChI=1S/C23H28N4OS/c1-16(19-12-11-18-8-4-5-9-20(18)14-19)24-22(28)15-29-23-25-21(26-27-23)13-10-17-6-2-3-7-17/h4-5,8-9,11-12,14,16-17H,2-3,6-7,10,13,15H2,1H3,(H,24,28)(H,25,26,27). The van der Waals surface area contributed by atoms with E-state index in [2.05, 4.69) is 50.8 Å². The third-order valence-electron chi connectivity index (χ3n) is 5.76. The molecule has 0 bridgehead atoms. The monoisotopic (exact) mass is 408 g/mol. The number of benzene rings is 2. The first-order chi connectivity index (χ1) is 14.2. The van der Waals surface area contributed by atoms with Crippen molar-refractivity contribution in [1.29, 1.82) is 0 Å². The maximum absolute atomic E-state index is 12.4. The van der Waals surface area contributed by atoms with Crippen molar-refractivity contribution in [2.45, 2.75) is 56.6 Å². The van der Waals surface area contributed by atoms with Crippen molar-refractivity contribution < 1.29 is 4.79 Å². The van der Waals surface area contributed by atoms with E-state index in [9.17, 15) is 4.79 Å². The van der Waals surface area contributed by atoms with Gasteiger partial charge in [-0.3, -0.25) is 9.89 Å². The van der Waals surface area contributed by atoms with Crippen molar-refractivity contribution in [3.05, 3.63) is 53.9 Å². The number of aryl methyl sites for hydroxylation is 1. The Balaban J connectivity index is 1.25. The number of hydrogen-bond donors (Lipinski definition) is 2. The zero-order chi connectivity index (χ0) is 20.1. The van der Waals surface area contributed by atoms with Crippen LogP contribution in [0.4, 0.5) is 0 Å². The molecule has 152 valence electrons. The van der Waals surface area contributed by atoms with E-state index in [-0.39, 0.29) is 11.9 Å². The molecule has 4 rings (SSSR count). The number of hydrogen-bond acceptors (Lipinski definition) is 4. The Morgan fingerprint density at radius 2 is 2.00 bits per heavy atom. The molecule has 1 amide bonds. The minimum Gasteiger partial charge on any atom is -0.349 e. The molecule has 2 N–H and O–H groups in total. The maximum Gasteiger partial charge on any atom is 0.230 e. The third-order valence-corrected chi connectivity index (χ3v) is 6.61. The van der Waals surface area contributed by atoms with Crippen molar-refractivity contribution in [2.24, 2.45) is 5.92 Å². The van der Waals surface area contributed by atoms with Gasteiger partial charge in [0.15, 0.2) is 0 Å². The number of nitrogens with zero attached hydrogens (tertiary/aromatic N) is 2. The van der Waals surface area contributed by atoms with Gasteiger partial charge in [0, 0.05) is 6.42 Å². The molecule has 6 heteroatoms. The molecule has 2 aromatic carbocycles. The summed E-state index contributed by atoms with van der Waals surface area (Å²) in [7, 11) is 0. The molecule has 1 unspecified atom stereocenters. The average molecular weight is 409 g/mol. The molecule has 3 aromatic rings. The van der Waals surface area contributed by atoms with Gasteiger partial charge >= 0.3 is 0 Å². The van der Waals surface area contributed by atoms with Gasteiger partial charge in [-0.25, -0.2) is 4.98 Å². The molecule has 1 aliphatic rings. The van der Waals surface area contributed by atoms with Crippen LogP contribution in [-0.2, 0) is 11.2 Å². The Morgan fingerprint density at radius 1 is 1.21 bits per heavy atom. The lowest BCUT2D eigenvalue weighted by molar-refractivity contribution is -0.119. The fraction of sp³-hybridized carbons (Fsp3) is 0.435. The van der Waals surface area contributed by atoms with Crippen LogP contribution in [0.2, 0.25) is 0 Å². The number of thioether (sulfide) groups is 1. The van der Waals surface area contributed by atoms with Crippen LogP contribution in [0.1, 0.15) is 56.5 Å². The summed E-state index contributed by atoms with van der Waals surface area (Å²) in [6, 6.07) is 14.5. The van der Waals surface area contributed by atoms with Crippen molar-refractivity contribution in [3.63, 3.8) is 0 Å². The van der Waals surface area contributed by atoms with Crippen LogP contribution in [0.5, 0.6) is 0 Å². The highest BCUT2D eigenvalue weighted by Gasteiger charge is 2.16. The van der Waals surface area contributed by atoms with E-state index in [1.807, 2.05) is 19.1 Å². The number of amides is 1. The number of carbonyl (C=O) groups is 1. The smallest absolute Gasteiger partial charge is 0.230 e. The van der Waals surface area contributed by atoms with Gasteiger partial charge in [0.25, 0.3) is 0 Å². The molecule has 1 saturated carbocycles.